The molecule has 0 radical (unpaired) electrons. The molecule has 0 unspecified atom stereocenters. The zero-order chi connectivity index (χ0) is 12.1. The van der Waals surface area contributed by atoms with Crippen molar-refractivity contribution >= 4 is 11.8 Å². The summed E-state index contributed by atoms with van der Waals surface area (Å²) < 4.78 is 6.09. The molecule has 2 N–H and O–H groups in total. The maximum absolute atomic E-state index is 6.55. The summed E-state index contributed by atoms with van der Waals surface area (Å²) in [6.45, 7) is 4.22. The normalized spacial score (nSPS) is 24.4. The number of para-hydroxylation sites is 1. The molecule has 0 atom stereocenters. The van der Waals surface area contributed by atoms with E-state index in [4.69, 9.17) is 10.5 Å². The minimum absolute atomic E-state index is 0.159. The smallest absolute Gasteiger partial charge is 0.153 e. The standard InChI is InChI=1S/C14H19NOS/c1-13(2)16-12-10(6-5-7-11(12)17-13)14(15)8-3-4-9-14/h5-7H,3-4,8-9,15H2,1-2H3. The first kappa shape index (κ1) is 11.4. The van der Waals surface area contributed by atoms with E-state index < -0.39 is 0 Å². The number of thioether (sulfide) groups is 1. The Morgan fingerprint density at radius 2 is 1.94 bits per heavy atom. The number of hydrogen-bond donors (Lipinski definition) is 1. The molecule has 0 saturated heterocycles. The first-order valence-electron chi connectivity index (χ1n) is 6.31. The summed E-state index contributed by atoms with van der Waals surface area (Å²) in [7, 11) is 0. The maximum atomic E-state index is 6.55. The Kier molecular flexibility index (Phi) is 2.46. The molecular formula is C14H19NOS. The highest BCUT2D eigenvalue weighted by Gasteiger charge is 2.39. The van der Waals surface area contributed by atoms with Crippen molar-refractivity contribution < 1.29 is 4.74 Å². The molecule has 2 aliphatic rings. The zero-order valence-electron chi connectivity index (χ0n) is 10.5. The van der Waals surface area contributed by atoms with E-state index in [1.807, 2.05) is 0 Å². The van der Waals surface area contributed by atoms with E-state index in [0.717, 1.165) is 18.6 Å². The van der Waals surface area contributed by atoms with E-state index in [2.05, 4.69) is 32.0 Å². The molecule has 1 aliphatic heterocycles. The van der Waals surface area contributed by atoms with Gasteiger partial charge in [0.15, 0.2) is 4.93 Å². The molecule has 1 saturated carbocycles. The Morgan fingerprint density at radius 3 is 2.65 bits per heavy atom. The van der Waals surface area contributed by atoms with Crippen LogP contribution in [0.4, 0.5) is 0 Å². The molecule has 3 heteroatoms. The summed E-state index contributed by atoms with van der Waals surface area (Å²) in [5.74, 6) is 1.03. The van der Waals surface area contributed by atoms with Gasteiger partial charge < -0.3 is 10.5 Å². The summed E-state index contributed by atoms with van der Waals surface area (Å²) in [4.78, 5) is 1.08. The van der Waals surface area contributed by atoms with Crippen molar-refractivity contribution in [1.29, 1.82) is 0 Å². The van der Waals surface area contributed by atoms with Gasteiger partial charge >= 0.3 is 0 Å². The van der Waals surface area contributed by atoms with Gasteiger partial charge in [-0.15, -0.1) is 0 Å². The topological polar surface area (TPSA) is 35.2 Å². The summed E-state index contributed by atoms with van der Waals surface area (Å²) in [5.41, 5.74) is 7.61. The fourth-order valence-electron chi connectivity index (χ4n) is 2.90. The number of hydrogen-bond acceptors (Lipinski definition) is 3. The van der Waals surface area contributed by atoms with Crippen LogP contribution < -0.4 is 10.5 Å². The van der Waals surface area contributed by atoms with Gasteiger partial charge in [-0.05, 0) is 32.8 Å². The highest BCUT2D eigenvalue weighted by Crippen LogP contribution is 2.52. The minimum atomic E-state index is -0.160. The highest BCUT2D eigenvalue weighted by molar-refractivity contribution is 8.00. The third-order valence-corrected chi connectivity index (χ3v) is 4.83. The van der Waals surface area contributed by atoms with Gasteiger partial charge in [0.05, 0.1) is 4.90 Å². The van der Waals surface area contributed by atoms with Crippen LogP contribution in [0, 0.1) is 0 Å². The van der Waals surface area contributed by atoms with Gasteiger partial charge in [0.1, 0.15) is 5.75 Å². The predicted octanol–water partition coefficient (Wildman–Crippen LogP) is 3.64. The van der Waals surface area contributed by atoms with E-state index in [-0.39, 0.29) is 10.5 Å². The molecular weight excluding hydrogens is 230 g/mol. The van der Waals surface area contributed by atoms with Crippen molar-refractivity contribution in [2.45, 2.75) is 54.9 Å². The highest BCUT2D eigenvalue weighted by atomic mass is 32.2. The molecule has 0 aromatic heterocycles. The van der Waals surface area contributed by atoms with E-state index in [1.165, 1.54) is 23.3 Å². The van der Waals surface area contributed by atoms with Crippen LogP contribution in [0.1, 0.15) is 45.1 Å². The summed E-state index contributed by atoms with van der Waals surface area (Å²) in [6.07, 6.45) is 4.63. The van der Waals surface area contributed by atoms with Crippen LogP contribution in [0.5, 0.6) is 5.75 Å². The first-order valence-corrected chi connectivity index (χ1v) is 7.12. The molecule has 92 valence electrons. The maximum Gasteiger partial charge on any atom is 0.153 e. The van der Waals surface area contributed by atoms with Gasteiger partial charge in [-0.25, -0.2) is 0 Å². The minimum Gasteiger partial charge on any atom is -0.475 e. The van der Waals surface area contributed by atoms with Gasteiger partial charge in [0.25, 0.3) is 0 Å². The molecule has 0 spiro atoms. The van der Waals surface area contributed by atoms with E-state index in [1.54, 1.807) is 11.8 Å². The summed E-state index contributed by atoms with van der Waals surface area (Å²) >= 11 is 1.79. The Balaban J connectivity index is 2.06. The van der Waals surface area contributed by atoms with Gasteiger partial charge in [0, 0.05) is 11.1 Å². The van der Waals surface area contributed by atoms with Crippen molar-refractivity contribution in [3.05, 3.63) is 23.8 Å². The fourth-order valence-corrected chi connectivity index (χ4v) is 3.95. The van der Waals surface area contributed by atoms with E-state index in [0.29, 0.717) is 0 Å². The van der Waals surface area contributed by atoms with Crippen LogP contribution in [0.15, 0.2) is 23.1 Å². The fraction of sp³-hybridized carbons (Fsp3) is 0.571. The Morgan fingerprint density at radius 1 is 1.24 bits per heavy atom. The lowest BCUT2D eigenvalue weighted by Gasteiger charge is -2.27. The molecule has 1 aromatic carbocycles. The Bertz CT molecular complexity index is 450. The molecule has 0 bridgehead atoms. The van der Waals surface area contributed by atoms with Crippen LogP contribution in [0.25, 0.3) is 0 Å². The van der Waals surface area contributed by atoms with Gasteiger partial charge in [-0.1, -0.05) is 36.7 Å². The van der Waals surface area contributed by atoms with Crippen molar-refractivity contribution in [3.63, 3.8) is 0 Å². The quantitative estimate of drug-likeness (QED) is 0.825. The summed E-state index contributed by atoms with van der Waals surface area (Å²) in [6, 6.07) is 6.39. The van der Waals surface area contributed by atoms with Crippen LogP contribution >= 0.6 is 11.8 Å². The van der Waals surface area contributed by atoms with Gasteiger partial charge in [0.2, 0.25) is 0 Å². The molecule has 3 rings (SSSR count). The van der Waals surface area contributed by atoms with E-state index in [9.17, 15) is 0 Å². The largest absolute Gasteiger partial charge is 0.475 e. The third kappa shape index (κ3) is 1.85. The van der Waals surface area contributed by atoms with Crippen LogP contribution in [0.3, 0.4) is 0 Å². The average Bonchev–Trinajstić information content (AvgIpc) is 2.79. The van der Waals surface area contributed by atoms with Crippen molar-refractivity contribution in [1.82, 2.24) is 0 Å². The average molecular weight is 249 g/mol. The molecule has 0 amide bonds. The molecule has 2 nitrogen and oxygen atoms in total. The Labute approximate surface area is 107 Å². The van der Waals surface area contributed by atoms with Crippen LogP contribution in [-0.2, 0) is 5.54 Å². The number of fused-ring (bicyclic) bond motifs is 1. The number of nitrogens with two attached hydrogens (primary N) is 1. The monoisotopic (exact) mass is 249 g/mol. The second-order valence-electron chi connectivity index (χ2n) is 5.60. The Hall–Kier alpha value is -0.670. The predicted molar refractivity (Wildman–Crippen MR) is 71.3 cm³/mol. The lowest BCUT2D eigenvalue weighted by molar-refractivity contribution is 0.208. The molecule has 1 aromatic rings. The van der Waals surface area contributed by atoms with Crippen LogP contribution in [-0.4, -0.2) is 4.93 Å². The second kappa shape index (κ2) is 3.66. The number of rotatable bonds is 1. The third-order valence-electron chi connectivity index (χ3n) is 3.71. The van der Waals surface area contributed by atoms with Crippen molar-refractivity contribution in [3.8, 4) is 5.75 Å². The molecule has 1 heterocycles. The van der Waals surface area contributed by atoms with Gasteiger partial charge in [-0.3, -0.25) is 0 Å². The molecule has 17 heavy (non-hydrogen) atoms. The molecule has 1 aliphatic carbocycles. The summed E-state index contributed by atoms with van der Waals surface area (Å²) in [5, 5.41) is 0. The first-order chi connectivity index (χ1) is 8.00. The molecule has 1 fully saturated rings. The zero-order valence-corrected chi connectivity index (χ0v) is 11.3. The number of ether oxygens (including phenoxy) is 1. The van der Waals surface area contributed by atoms with Crippen LogP contribution in [0.2, 0.25) is 0 Å². The number of benzene rings is 1. The van der Waals surface area contributed by atoms with E-state index >= 15 is 0 Å². The second-order valence-corrected chi connectivity index (χ2v) is 7.23. The van der Waals surface area contributed by atoms with Crippen molar-refractivity contribution in [2.24, 2.45) is 5.73 Å². The lowest BCUT2D eigenvalue weighted by atomic mass is 9.88. The van der Waals surface area contributed by atoms with Gasteiger partial charge in [-0.2, -0.15) is 0 Å². The SMILES string of the molecule is CC1(C)Oc2c(cccc2C2(N)CCCC2)S1. The lowest BCUT2D eigenvalue weighted by Crippen LogP contribution is -2.34. The van der Waals surface area contributed by atoms with Crippen molar-refractivity contribution in [2.75, 3.05) is 0 Å².